The zero-order valence-electron chi connectivity index (χ0n) is 15.2. The van der Waals surface area contributed by atoms with Crippen molar-refractivity contribution in [3.05, 3.63) is 59.1 Å². The van der Waals surface area contributed by atoms with Crippen LogP contribution in [0.4, 0.5) is 0 Å². The number of aryl methyl sites for hydroxylation is 1. The fraction of sp³-hybridized carbons (Fsp3) is 0.250. The zero-order valence-corrected chi connectivity index (χ0v) is 15.2. The van der Waals surface area contributed by atoms with Gasteiger partial charge in [0.1, 0.15) is 0 Å². The van der Waals surface area contributed by atoms with Crippen molar-refractivity contribution in [1.82, 2.24) is 19.7 Å². The van der Waals surface area contributed by atoms with Gasteiger partial charge in [-0.15, -0.1) is 0 Å². The first-order valence-electron chi connectivity index (χ1n) is 8.72. The van der Waals surface area contributed by atoms with Gasteiger partial charge < -0.3 is 14.6 Å². The van der Waals surface area contributed by atoms with Crippen molar-refractivity contribution in [1.29, 1.82) is 0 Å². The summed E-state index contributed by atoms with van der Waals surface area (Å²) in [5.41, 5.74) is 4.54. The van der Waals surface area contributed by atoms with Crippen LogP contribution in [0.25, 0.3) is 17.0 Å². The molecule has 27 heavy (non-hydrogen) atoms. The summed E-state index contributed by atoms with van der Waals surface area (Å²) in [5, 5.41) is 5.05. The fourth-order valence-corrected chi connectivity index (χ4v) is 3.45. The Bertz CT molecular complexity index is 1060. The molecule has 1 amide bonds. The molecule has 0 aliphatic carbocycles. The van der Waals surface area contributed by atoms with Gasteiger partial charge in [0.25, 0.3) is 0 Å². The summed E-state index contributed by atoms with van der Waals surface area (Å²) < 4.78 is 6.51. The molecule has 7 heteroatoms. The molecular formula is C20H20N4O3. The summed E-state index contributed by atoms with van der Waals surface area (Å²) in [7, 11) is 3.21. The molecule has 1 aliphatic rings. The Kier molecular flexibility index (Phi) is 4.27. The third-order valence-corrected chi connectivity index (χ3v) is 4.85. The molecule has 0 fully saturated rings. The number of amides is 1. The van der Waals surface area contributed by atoms with E-state index < -0.39 is 0 Å². The zero-order chi connectivity index (χ0) is 19.0. The van der Waals surface area contributed by atoms with E-state index in [4.69, 9.17) is 4.74 Å². The number of ether oxygens (including phenoxy) is 1. The maximum absolute atomic E-state index is 12.6. The molecule has 0 spiro atoms. The number of hydrogen-bond acceptors (Lipinski definition) is 4. The van der Waals surface area contributed by atoms with E-state index in [9.17, 15) is 9.59 Å². The third-order valence-electron chi connectivity index (χ3n) is 4.85. The SMILES string of the molecule is COC(=O)c1ccc2[nH]c3c(c2c1)CN(C(=O)/C=C/c1cnn(C)c1)CC3. The average Bonchev–Trinajstić information content (AvgIpc) is 3.27. The maximum Gasteiger partial charge on any atom is 0.337 e. The van der Waals surface area contributed by atoms with Crippen LogP contribution in [0.5, 0.6) is 0 Å². The smallest absolute Gasteiger partial charge is 0.337 e. The number of hydrogen-bond donors (Lipinski definition) is 1. The van der Waals surface area contributed by atoms with E-state index in [0.29, 0.717) is 18.7 Å². The summed E-state index contributed by atoms with van der Waals surface area (Å²) in [5.74, 6) is -0.405. The third kappa shape index (κ3) is 3.23. The van der Waals surface area contributed by atoms with Gasteiger partial charge in [0.2, 0.25) is 5.91 Å². The largest absolute Gasteiger partial charge is 0.465 e. The molecule has 0 bridgehead atoms. The van der Waals surface area contributed by atoms with Crippen LogP contribution >= 0.6 is 0 Å². The molecule has 2 aromatic heterocycles. The second kappa shape index (κ2) is 6.75. The normalized spacial score (nSPS) is 13.9. The number of aromatic amines is 1. The molecule has 1 aromatic carbocycles. The topological polar surface area (TPSA) is 80.2 Å². The number of methoxy groups -OCH3 is 1. The molecule has 7 nitrogen and oxygen atoms in total. The quantitative estimate of drug-likeness (QED) is 0.571. The number of aromatic nitrogens is 3. The Hall–Kier alpha value is -3.35. The predicted molar refractivity (Wildman–Crippen MR) is 101 cm³/mol. The number of carbonyl (C=O) groups is 2. The first-order chi connectivity index (χ1) is 13.0. The molecule has 0 saturated heterocycles. The van der Waals surface area contributed by atoms with E-state index in [-0.39, 0.29) is 11.9 Å². The van der Waals surface area contributed by atoms with E-state index in [1.807, 2.05) is 30.3 Å². The first kappa shape index (κ1) is 17.1. The highest BCUT2D eigenvalue weighted by Crippen LogP contribution is 2.29. The van der Waals surface area contributed by atoms with Gasteiger partial charge >= 0.3 is 5.97 Å². The molecule has 3 aromatic rings. The lowest BCUT2D eigenvalue weighted by molar-refractivity contribution is -0.126. The van der Waals surface area contributed by atoms with Crippen molar-refractivity contribution in [3.8, 4) is 0 Å². The summed E-state index contributed by atoms with van der Waals surface area (Å²) in [4.78, 5) is 29.6. The van der Waals surface area contributed by atoms with Crippen LogP contribution in [0, 0.1) is 0 Å². The Morgan fingerprint density at radius 3 is 2.93 bits per heavy atom. The molecule has 1 aliphatic heterocycles. The molecule has 138 valence electrons. The summed E-state index contributed by atoms with van der Waals surface area (Å²) in [6, 6.07) is 5.46. The predicted octanol–water partition coefficient (Wildman–Crippen LogP) is 2.29. The van der Waals surface area contributed by atoms with E-state index in [1.54, 1.807) is 29.1 Å². The Morgan fingerprint density at radius 2 is 2.19 bits per heavy atom. The second-order valence-electron chi connectivity index (χ2n) is 6.62. The highest BCUT2D eigenvalue weighted by molar-refractivity contribution is 5.97. The highest BCUT2D eigenvalue weighted by atomic mass is 16.5. The van der Waals surface area contributed by atoms with Crippen molar-refractivity contribution in [2.24, 2.45) is 7.05 Å². The van der Waals surface area contributed by atoms with Crippen LogP contribution in [0.1, 0.15) is 27.2 Å². The van der Waals surface area contributed by atoms with Gasteiger partial charge in [-0.1, -0.05) is 0 Å². The van der Waals surface area contributed by atoms with Gasteiger partial charge in [-0.25, -0.2) is 4.79 Å². The van der Waals surface area contributed by atoms with Crippen molar-refractivity contribution >= 4 is 28.9 Å². The minimum atomic E-state index is -0.366. The van der Waals surface area contributed by atoms with Crippen LogP contribution in [0.2, 0.25) is 0 Å². The monoisotopic (exact) mass is 364 g/mol. The molecule has 1 N–H and O–H groups in total. The van der Waals surface area contributed by atoms with Crippen molar-refractivity contribution in [2.45, 2.75) is 13.0 Å². The van der Waals surface area contributed by atoms with Gasteiger partial charge in [-0.2, -0.15) is 5.10 Å². The summed E-state index contributed by atoms with van der Waals surface area (Å²) >= 11 is 0. The maximum atomic E-state index is 12.6. The van der Waals surface area contributed by atoms with Crippen LogP contribution in [0.3, 0.4) is 0 Å². The highest BCUT2D eigenvalue weighted by Gasteiger charge is 2.23. The van der Waals surface area contributed by atoms with Gasteiger partial charge in [0, 0.05) is 66.6 Å². The van der Waals surface area contributed by atoms with Crippen LogP contribution in [-0.4, -0.2) is 45.2 Å². The number of benzene rings is 1. The van der Waals surface area contributed by atoms with Crippen molar-refractivity contribution in [3.63, 3.8) is 0 Å². The summed E-state index contributed by atoms with van der Waals surface area (Å²) in [6.07, 6.45) is 7.67. The lowest BCUT2D eigenvalue weighted by Crippen LogP contribution is -2.34. The van der Waals surface area contributed by atoms with Gasteiger partial charge in [-0.3, -0.25) is 9.48 Å². The van der Waals surface area contributed by atoms with E-state index in [1.165, 1.54) is 7.11 Å². The standard InChI is InChI=1S/C20H20N4O3/c1-23-11-13(10-21-23)3-6-19(25)24-8-7-18-16(12-24)15-9-14(20(26)27-2)4-5-17(15)22-18/h3-6,9-11,22H,7-8,12H2,1-2H3/b6-3+. The van der Waals surface area contributed by atoms with E-state index >= 15 is 0 Å². The lowest BCUT2D eigenvalue weighted by atomic mass is 10.0. The number of esters is 1. The number of fused-ring (bicyclic) bond motifs is 3. The van der Waals surface area contributed by atoms with E-state index in [0.717, 1.165) is 34.1 Å². The number of rotatable bonds is 3. The second-order valence-corrected chi connectivity index (χ2v) is 6.62. The average molecular weight is 364 g/mol. The van der Waals surface area contributed by atoms with E-state index in [2.05, 4.69) is 10.1 Å². The molecule has 0 atom stereocenters. The van der Waals surface area contributed by atoms with Crippen LogP contribution in [0.15, 0.2) is 36.7 Å². The summed E-state index contributed by atoms with van der Waals surface area (Å²) in [6.45, 7) is 1.16. The lowest BCUT2D eigenvalue weighted by Gasteiger charge is -2.26. The molecule has 0 radical (unpaired) electrons. The Labute approximate surface area is 156 Å². The molecular weight excluding hydrogens is 344 g/mol. The molecule has 3 heterocycles. The van der Waals surface area contributed by atoms with Gasteiger partial charge in [0.05, 0.1) is 18.9 Å². The van der Waals surface area contributed by atoms with Gasteiger partial charge in [-0.05, 0) is 24.3 Å². The number of nitrogens with zero attached hydrogens (tertiary/aromatic N) is 3. The molecule has 4 rings (SSSR count). The fourth-order valence-electron chi connectivity index (χ4n) is 3.45. The number of H-pyrrole nitrogens is 1. The van der Waals surface area contributed by atoms with Crippen LogP contribution in [-0.2, 0) is 29.5 Å². The first-order valence-corrected chi connectivity index (χ1v) is 8.72. The van der Waals surface area contributed by atoms with Crippen molar-refractivity contribution in [2.75, 3.05) is 13.7 Å². The molecule has 0 unspecified atom stereocenters. The van der Waals surface area contributed by atoms with Crippen molar-refractivity contribution < 1.29 is 14.3 Å². The molecule has 0 saturated carbocycles. The Morgan fingerprint density at radius 1 is 1.33 bits per heavy atom. The number of carbonyl (C=O) groups excluding carboxylic acids is 2. The number of nitrogens with one attached hydrogen (secondary N) is 1. The minimum Gasteiger partial charge on any atom is -0.465 e. The minimum absolute atomic E-state index is 0.0389. The van der Waals surface area contributed by atoms with Gasteiger partial charge in [0.15, 0.2) is 0 Å². The Balaban J connectivity index is 1.58. The van der Waals surface area contributed by atoms with Crippen LogP contribution < -0.4 is 0 Å².